The van der Waals surface area contributed by atoms with Gasteiger partial charge in [0.05, 0.1) is 0 Å². The highest BCUT2D eigenvalue weighted by atomic mass is 16.2. The van der Waals surface area contributed by atoms with Gasteiger partial charge in [0, 0.05) is 12.5 Å². The first-order valence-electron chi connectivity index (χ1n) is 8.33. The highest BCUT2D eigenvalue weighted by Gasteiger charge is 2.21. The van der Waals surface area contributed by atoms with Gasteiger partial charge in [0.25, 0.3) is 0 Å². The van der Waals surface area contributed by atoms with Crippen LogP contribution in [-0.2, 0) is 4.79 Å². The van der Waals surface area contributed by atoms with E-state index < -0.39 is 6.03 Å². The average Bonchev–Trinajstić information content (AvgIpc) is 2.43. The summed E-state index contributed by atoms with van der Waals surface area (Å²) >= 11 is 0. The first-order chi connectivity index (χ1) is 10.0. The van der Waals surface area contributed by atoms with Crippen LogP contribution in [0.25, 0.3) is 0 Å². The molecule has 5 heteroatoms. The molecule has 5 N–H and O–H groups in total. The number of carbonyl (C=O) groups is 2. The molecule has 0 radical (unpaired) electrons. The van der Waals surface area contributed by atoms with Crippen LogP contribution in [0.1, 0.15) is 71.6 Å². The normalized spacial score (nSPS) is 13.6. The minimum absolute atomic E-state index is 0.0853. The van der Waals surface area contributed by atoms with Crippen LogP contribution in [0.2, 0.25) is 0 Å². The van der Waals surface area contributed by atoms with Gasteiger partial charge in [-0.2, -0.15) is 0 Å². The number of nitrogens with one attached hydrogen (secondary N) is 1. The largest absolute Gasteiger partial charge is 0.369 e. The predicted octanol–water partition coefficient (Wildman–Crippen LogP) is 2.92. The van der Waals surface area contributed by atoms with Gasteiger partial charge in [-0.15, -0.1) is 0 Å². The molecule has 0 bridgehead atoms. The molecule has 0 aliphatic heterocycles. The lowest BCUT2D eigenvalue weighted by atomic mass is 9.86. The molecule has 0 rings (SSSR count). The zero-order chi connectivity index (χ0) is 16.1. The fraction of sp³-hybridized carbons (Fsp3) is 0.875. The van der Waals surface area contributed by atoms with Crippen molar-refractivity contribution in [1.29, 1.82) is 0 Å². The van der Waals surface area contributed by atoms with Gasteiger partial charge in [0.15, 0.2) is 0 Å². The number of urea groups is 1. The van der Waals surface area contributed by atoms with E-state index in [1.807, 2.05) is 0 Å². The predicted molar refractivity (Wildman–Crippen MR) is 86.7 cm³/mol. The Morgan fingerprint density at radius 3 is 2.00 bits per heavy atom. The van der Waals surface area contributed by atoms with Crippen LogP contribution in [-0.4, -0.2) is 18.5 Å². The van der Waals surface area contributed by atoms with Crippen LogP contribution in [0.4, 0.5) is 4.79 Å². The summed E-state index contributed by atoms with van der Waals surface area (Å²) in [5, 5.41) is 2.67. The number of carbonyl (C=O) groups excluding carboxylic acids is 2. The number of rotatable bonds is 13. The number of hydrogen-bond donors (Lipinski definition) is 3. The molecule has 2 atom stereocenters. The molecular formula is C16H33N3O2. The lowest BCUT2D eigenvalue weighted by Crippen LogP contribution is -2.35. The monoisotopic (exact) mass is 299 g/mol. The molecule has 0 aromatic heterocycles. The van der Waals surface area contributed by atoms with Gasteiger partial charge in [-0.3, -0.25) is 4.79 Å². The topological polar surface area (TPSA) is 98.2 Å². The molecule has 1 unspecified atom stereocenters. The van der Waals surface area contributed by atoms with Crippen molar-refractivity contribution >= 4 is 11.9 Å². The fourth-order valence-electron chi connectivity index (χ4n) is 2.65. The second-order valence-corrected chi connectivity index (χ2v) is 5.94. The Bertz CT molecular complexity index is 295. The van der Waals surface area contributed by atoms with E-state index in [1.165, 1.54) is 6.42 Å². The summed E-state index contributed by atoms with van der Waals surface area (Å²) in [5.74, 6) is -0.0216. The van der Waals surface area contributed by atoms with Crippen molar-refractivity contribution in [1.82, 2.24) is 5.32 Å². The Morgan fingerprint density at radius 1 is 0.952 bits per heavy atom. The summed E-state index contributed by atoms with van der Waals surface area (Å²) in [7, 11) is 0. The number of unbranched alkanes of at least 4 members (excludes halogenated alkanes) is 4. The lowest BCUT2D eigenvalue weighted by molar-refractivity contribution is -0.122. The SMILES string of the molecule is CCCCCC(C[C@H](CCCCC)CNC(N)=O)C(N)=O. The van der Waals surface area contributed by atoms with E-state index in [9.17, 15) is 9.59 Å². The number of amides is 3. The molecule has 0 saturated heterocycles. The van der Waals surface area contributed by atoms with Crippen molar-refractivity contribution in [2.24, 2.45) is 23.3 Å². The van der Waals surface area contributed by atoms with Gasteiger partial charge in [-0.05, 0) is 25.2 Å². The number of primary amides is 2. The Balaban J connectivity index is 4.39. The van der Waals surface area contributed by atoms with Crippen molar-refractivity contribution in [3.8, 4) is 0 Å². The molecular weight excluding hydrogens is 266 g/mol. The van der Waals surface area contributed by atoms with Crippen molar-refractivity contribution in [2.75, 3.05) is 6.54 Å². The van der Waals surface area contributed by atoms with Crippen molar-refractivity contribution in [3.05, 3.63) is 0 Å². The summed E-state index contributed by atoms with van der Waals surface area (Å²) in [6.45, 7) is 4.84. The summed E-state index contributed by atoms with van der Waals surface area (Å²) in [4.78, 5) is 22.5. The second kappa shape index (κ2) is 12.5. The standard InChI is InChI=1S/C16H33N3O2/c1-3-5-7-9-13(12-19-16(18)21)11-14(15(17)20)10-8-6-4-2/h13-14H,3-12H2,1-2H3,(H2,17,20)(H3,18,19,21)/t13-,14?/m0/s1. The van der Waals surface area contributed by atoms with Gasteiger partial charge >= 0.3 is 6.03 Å². The Labute approximate surface area is 129 Å². The summed E-state index contributed by atoms with van der Waals surface area (Å²) in [6.07, 6.45) is 9.35. The molecule has 0 aromatic rings. The van der Waals surface area contributed by atoms with Crippen molar-refractivity contribution in [2.45, 2.75) is 71.6 Å². The molecule has 0 spiro atoms. The van der Waals surface area contributed by atoms with Crippen LogP contribution in [0.3, 0.4) is 0 Å². The van der Waals surface area contributed by atoms with Crippen LogP contribution in [0.5, 0.6) is 0 Å². The maximum Gasteiger partial charge on any atom is 0.312 e. The maximum atomic E-state index is 11.6. The third-order valence-electron chi connectivity index (χ3n) is 3.96. The molecule has 0 fully saturated rings. The molecule has 3 amide bonds. The highest BCUT2D eigenvalue weighted by Crippen LogP contribution is 2.22. The van der Waals surface area contributed by atoms with Crippen LogP contribution < -0.4 is 16.8 Å². The van der Waals surface area contributed by atoms with E-state index in [4.69, 9.17) is 11.5 Å². The molecule has 0 heterocycles. The molecule has 0 aliphatic carbocycles. The van der Waals surface area contributed by atoms with Gasteiger partial charge in [0.2, 0.25) is 5.91 Å². The quantitative estimate of drug-likeness (QED) is 0.456. The first-order valence-corrected chi connectivity index (χ1v) is 8.33. The number of nitrogens with two attached hydrogens (primary N) is 2. The Hall–Kier alpha value is -1.26. The molecule has 0 aromatic carbocycles. The first kappa shape index (κ1) is 19.7. The Kier molecular flexibility index (Phi) is 11.7. The van der Waals surface area contributed by atoms with E-state index in [1.54, 1.807) is 0 Å². The zero-order valence-electron chi connectivity index (χ0n) is 13.7. The third-order valence-corrected chi connectivity index (χ3v) is 3.96. The van der Waals surface area contributed by atoms with Gasteiger partial charge < -0.3 is 16.8 Å². The molecule has 0 aliphatic rings. The van der Waals surface area contributed by atoms with Gasteiger partial charge in [-0.1, -0.05) is 52.4 Å². The second-order valence-electron chi connectivity index (χ2n) is 5.94. The molecule has 5 nitrogen and oxygen atoms in total. The van der Waals surface area contributed by atoms with Crippen LogP contribution >= 0.6 is 0 Å². The van der Waals surface area contributed by atoms with E-state index in [-0.39, 0.29) is 17.7 Å². The van der Waals surface area contributed by atoms with Crippen LogP contribution in [0.15, 0.2) is 0 Å². The molecule has 124 valence electrons. The smallest absolute Gasteiger partial charge is 0.312 e. The summed E-state index contributed by atoms with van der Waals surface area (Å²) in [5.41, 5.74) is 10.7. The molecule has 0 saturated carbocycles. The fourth-order valence-corrected chi connectivity index (χ4v) is 2.65. The van der Waals surface area contributed by atoms with Crippen molar-refractivity contribution in [3.63, 3.8) is 0 Å². The summed E-state index contributed by atoms with van der Waals surface area (Å²) in [6, 6.07) is -0.503. The zero-order valence-corrected chi connectivity index (χ0v) is 13.7. The van der Waals surface area contributed by atoms with E-state index in [0.29, 0.717) is 6.54 Å². The number of hydrogen-bond acceptors (Lipinski definition) is 2. The van der Waals surface area contributed by atoms with Gasteiger partial charge in [-0.25, -0.2) is 4.79 Å². The minimum atomic E-state index is -0.503. The van der Waals surface area contributed by atoms with E-state index in [0.717, 1.165) is 51.4 Å². The third kappa shape index (κ3) is 11.1. The summed E-state index contributed by atoms with van der Waals surface area (Å²) < 4.78 is 0. The average molecular weight is 299 g/mol. The van der Waals surface area contributed by atoms with E-state index >= 15 is 0 Å². The molecule has 21 heavy (non-hydrogen) atoms. The lowest BCUT2D eigenvalue weighted by Gasteiger charge is -2.22. The van der Waals surface area contributed by atoms with Gasteiger partial charge in [0.1, 0.15) is 0 Å². The minimum Gasteiger partial charge on any atom is -0.369 e. The van der Waals surface area contributed by atoms with E-state index in [2.05, 4.69) is 19.2 Å². The maximum absolute atomic E-state index is 11.6. The van der Waals surface area contributed by atoms with Crippen LogP contribution in [0, 0.1) is 11.8 Å². The highest BCUT2D eigenvalue weighted by molar-refractivity contribution is 5.76. The Morgan fingerprint density at radius 2 is 1.52 bits per heavy atom. The van der Waals surface area contributed by atoms with Crippen molar-refractivity contribution < 1.29 is 9.59 Å².